The molecule has 0 saturated carbocycles. The van der Waals surface area contributed by atoms with E-state index in [1.54, 1.807) is 24.5 Å². The quantitative estimate of drug-likeness (QED) is 0.490. The van der Waals surface area contributed by atoms with Gasteiger partial charge in [0.1, 0.15) is 6.54 Å². The molecule has 0 aliphatic rings. The molecule has 1 aromatic carbocycles. The third-order valence-corrected chi connectivity index (χ3v) is 5.00. The fourth-order valence-corrected chi connectivity index (χ4v) is 3.59. The second-order valence-electron chi connectivity index (χ2n) is 7.53. The van der Waals surface area contributed by atoms with Crippen molar-refractivity contribution in [1.82, 2.24) is 19.7 Å². The minimum absolute atomic E-state index is 0.0395. The van der Waals surface area contributed by atoms with Crippen molar-refractivity contribution in [1.29, 1.82) is 0 Å². The van der Waals surface area contributed by atoms with E-state index >= 15 is 0 Å². The van der Waals surface area contributed by atoms with Crippen molar-refractivity contribution >= 4 is 22.6 Å². The summed E-state index contributed by atoms with van der Waals surface area (Å²) in [6.45, 7) is 2.70. The van der Waals surface area contributed by atoms with E-state index in [0.29, 0.717) is 5.69 Å². The standard InChI is InChI=1S/C23H20F3N5O/c1-14-11-19(23(24,25)26)21-15(2)30-31(22(21)28-14)13-20(32)29-18-5-3-16(4-6-18)12-17-7-9-27-10-8-17/h3-11H,12-13H2,1-2H3,(H,29,32). The maximum atomic E-state index is 13.5. The van der Waals surface area contributed by atoms with Crippen LogP contribution in [0.2, 0.25) is 0 Å². The molecule has 0 unspecified atom stereocenters. The Kier molecular flexibility index (Phi) is 5.65. The van der Waals surface area contributed by atoms with Crippen molar-refractivity contribution in [2.45, 2.75) is 33.0 Å². The molecule has 3 aromatic heterocycles. The van der Waals surface area contributed by atoms with E-state index in [2.05, 4.69) is 20.4 Å². The second kappa shape index (κ2) is 8.41. The third-order valence-electron chi connectivity index (χ3n) is 5.00. The van der Waals surface area contributed by atoms with Crippen molar-refractivity contribution in [3.8, 4) is 0 Å². The van der Waals surface area contributed by atoms with Crippen molar-refractivity contribution in [2.75, 3.05) is 5.32 Å². The van der Waals surface area contributed by atoms with Gasteiger partial charge in [-0.15, -0.1) is 0 Å². The summed E-state index contributed by atoms with van der Waals surface area (Å²) in [4.78, 5) is 20.7. The number of amides is 1. The summed E-state index contributed by atoms with van der Waals surface area (Å²) < 4.78 is 41.6. The zero-order valence-corrected chi connectivity index (χ0v) is 17.4. The number of carbonyl (C=O) groups is 1. The zero-order chi connectivity index (χ0) is 22.9. The predicted octanol–water partition coefficient (Wildman–Crippen LogP) is 4.69. The van der Waals surface area contributed by atoms with Gasteiger partial charge < -0.3 is 5.32 Å². The summed E-state index contributed by atoms with van der Waals surface area (Å²) in [5.41, 5.74) is 2.40. The van der Waals surface area contributed by atoms with Gasteiger partial charge in [0, 0.05) is 23.8 Å². The molecule has 6 nitrogen and oxygen atoms in total. The number of fused-ring (bicyclic) bond motifs is 1. The molecule has 0 aliphatic heterocycles. The SMILES string of the molecule is Cc1cc(C(F)(F)F)c2c(C)nn(CC(=O)Nc3ccc(Cc4ccncc4)cc3)c2n1. The minimum Gasteiger partial charge on any atom is -0.324 e. The fourth-order valence-electron chi connectivity index (χ4n) is 3.59. The summed E-state index contributed by atoms with van der Waals surface area (Å²) in [7, 11) is 0. The Bertz CT molecular complexity index is 1270. The maximum absolute atomic E-state index is 13.5. The molecule has 1 N–H and O–H groups in total. The molecule has 9 heteroatoms. The molecule has 3 heterocycles. The maximum Gasteiger partial charge on any atom is 0.417 e. The number of aromatic nitrogens is 4. The van der Waals surface area contributed by atoms with E-state index in [-0.39, 0.29) is 29.0 Å². The number of hydrogen-bond donors (Lipinski definition) is 1. The molecular formula is C23H20F3N5O. The van der Waals surface area contributed by atoms with E-state index in [1.165, 1.54) is 18.5 Å². The first-order chi connectivity index (χ1) is 15.2. The topological polar surface area (TPSA) is 72.7 Å². The minimum atomic E-state index is -4.54. The van der Waals surface area contributed by atoms with E-state index in [4.69, 9.17) is 0 Å². The van der Waals surface area contributed by atoms with Crippen LogP contribution >= 0.6 is 0 Å². The van der Waals surface area contributed by atoms with Gasteiger partial charge in [-0.3, -0.25) is 9.78 Å². The molecule has 32 heavy (non-hydrogen) atoms. The van der Waals surface area contributed by atoms with Crippen molar-refractivity contribution in [3.05, 3.63) is 82.9 Å². The number of alkyl halides is 3. The summed E-state index contributed by atoms with van der Waals surface area (Å²) in [5.74, 6) is -0.409. The number of hydrogen-bond acceptors (Lipinski definition) is 4. The lowest BCUT2D eigenvalue weighted by Gasteiger charge is -2.10. The second-order valence-corrected chi connectivity index (χ2v) is 7.53. The normalized spacial score (nSPS) is 11.7. The number of aryl methyl sites for hydroxylation is 2. The number of carbonyl (C=O) groups excluding carboxylic acids is 1. The monoisotopic (exact) mass is 439 g/mol. The van der Waals surface area contributed by atoms with E-state index in [1.807, 2.05) is 24.3 Å². The zero-order valence-electron chi connectivity index (χ0n) is 17.4. The Morgan fingerprint density at radius 1 is 1.03 bits per heavy atom. The number of rotatable bonds is 5. The Hall–Kier alpha value is -3.75. The lowest BCUT2D eigenvalue weighted by Crippen LogP contribution is -2.20. The van der Waals surface area contributed by atoms with Gasteiger partial charge in [0.2, 0.25) is 5.91 Å². The molecule has 0 aliphatic carbocycles. The summed E-state index contributed by atoms with van der Waals surface area (Å²) in [6.07, 6.45) is -0.329. The Labute approximate surface area is 182 Å². The van der Waals surface area contributed by atoms with Crippen molar-refractivity contribution in [2.24, 2.45) is 0 Å². The van der Waals surface area contributed by atoms with Gasteiger partial charge in [0.05, 0.1) is 16.6 Å². The fraction of sp³-hybridized carbons (Fsp3) is 0.217. The molecule has 0 atom stereocenters. The van der Waals surface area contributed by atoms with Gasteiger partial charge in [0.15, 0.2) is 5.65 Å². The van der Waals surface area contributed by atoms with Crippen LogP contribution in [-0.4, -0.2) is 25.7 Å². The average Bonchev–Trinajstić information content (AvgIpc) is 3.03. The molecule has 4 rings (SSSR count). The largest absolute Gasteiger partial charge is 0.417 e. The van der Waals surface area contributed by atoms with E-state index < -0.39 is 17.6 Å². The Morgan fingerprint density at radius 2 is 1.69 bits per heavy atom. The summed E-state index contributed by atoms with van der Waals surface area (Å²) in [6, 6.07) is 12.2. The van der Waals surface area contributed by atoms with Gasteiger partial charge in [-0.2, -0.15) is 18.3 Å². The highest BCUT2D eigenvalue weighted by atomic mass is 19.4. The lowest BCUT2D eigenvalue weighted by atomic mass is 10.1. The molecular weight excluding hydrogens is 419 g/mol. The van der Waals surface area contributed by atoms with Crippen LogP contribution in [0.15, 0.2) is 54.9 Å². The van der Waals surface area contributed by atoms with Gasteiger partial charge in [-0.05, 0) is 61.7 Å². The van der Waals surface area contributed by atoms with Gasteiger partial charge in [0.25, 0.3) is 0 Å². The predicted molar refractivity (Wildman–Crippen MR) is 114 cm³/mol. The molecule has 0 radical (unpaired) electrons. The van der Waals surface area contributed by atoms with Gasteiger partial charge in [-0.1, -0.05) is 12.1 Å². The highest BCUT2D eigenvalue weighted by Crippen LogP contribution is 2.36. The number of halogens is 3. The molecule has 1 amide bonds. The Morgan fingerprint density at radius 3 is 2.34 bits per heavy atom. The highest BCUT2D eigenvalue weighted by molar-refractivity contribution is 5.92. The van der Waals surface area contributed by atoms with Crippen LogP contribution in [0.25, 0.3) is 11.0 Å². The number of nitrogens with zero attached hydrogens (tertiary/aromatic N) is 4. The number of nitrogens with one attached hydrogen (secondary N) is 1. The first-order valence-corrected chi connectivity index (χ1v) is 9.90. The van der Waals surface area contributed by atoms with Crippen LogP contribution in [0.3, 0.4) is 0 Å². The van der Waals surface area contributed by atoms with Crippen LogP contribution in [0.4, 0.5) is 18.9 Å². The van der Waals surface area contributed by atoms with Gasteiger partial charge in [-0.25, -0.2) is 9.67 Å². The molecule has 0 bridgehead atoms. The summed E-state index contributed by atoms with van der Waals surface area (Å²) in [5, 5.41) is 6.80. The van der Waals surface area contributed by atoms with Gasteiger partial charge >= 0.3 is 6.18 Å². The van der Waals surface area contributed by atoms with Crippen molar-refractivity contribution < 1.29 is 18.0 Å². The van der Waals surface area contributed by atoms with Crippen LogP contribution in [0, 0.1) is 13.8 Å². The lowest BCUT2D eigenvalue weighted by molar-refractivity contribution is -0.136. The first kappa shape index (κ1) is 21.5. The van der Waals surface area contributed by atoms with Crippen molar-refractivity contribution in [3.63, 3.8) is 0 Å². The highest BCUT2D eigenvalue weighted by Gasteiger charge is 2.35. The molecule has 164 valence electrons. The van der Waals surface area contributed by atoms with Crippen LogP contribution < -0.4 is 5.32 Å². The van der Waals surface area contributed by atoms with Crippen LogP contribution in [0.5, 0.6) is 0 Å². The first-order valence-electron chi connectivity index (χ1n) is 9.90. The smallest absolute Gasteiger partial charge is 0.324 e. The average molecular weight is 439 g/mol. The molecule has 4 aromatic rings. The van der Waals surface area contributed by atoms with E-state index in [0.717, 1.165) is 23.6 Å². The Balaban J connectivity index is 1.50. The van der Waals surface area contributed by atoms with Crippen LogP contribution in [-0.2, 0) is 23.9 Å². The number of benzene rings is 1. The molecule has 0 fully saturated rings. The molecule has 0 spiro atoms. The third kappa shape index (κ3) is 4.61. The van der Waals surface area contributed by atoms with E-state index in [9.17, 15) is 18.0 Å². The summed E-state index contributed by atoms with van der Waals surface area (Å²) >= 11 is 0. The van der Waals surface area contributed by atoms with Crippen LogP contribution in [0.1, 0.15) is 28.1 Å². The number of pyridine rings is 2. The number of anilines is 1. The molecule has 0 saturated heterocycles.